The van der Waals surface area contributed by atoms with E-state index in [-0.39, 0.29) is 71.6 Å². The zero-order chi connectivity index (χ0) is 6.00. The first-order chi connectivity index (χ1) is 3.00. The normalized spacial score (nSPS) is 1.36. The number of rotatable bonds is 0. The molecular weight excluding hydrogens is 292 g/mol. The van der Waals surface area contributed by atoms with Gasteiger partial charge in [-0.2, -0.15) is 0 Å². The second kappa shape index (κ2) is 418. The van der Waals surface area contributed by atoms with Crippen LogP contribution in [0.4, 0.5) is 27.9 Å². The van der Waals surface area contributed by atoms with Gasteiger partial charge in [0.25, 0.3) is 0 Å². The van der Waals surface area contributed by atoms with Gasteiger partial charge in [-0.25, -0.2) is 10.6 Å². The van der Waals surface area contributed by atoms with Crippen molar-refractivity contribution in [2.24, 2.45) is 0 Å². The molecule has 0 aliphatic rings. The average Bonchev–Trinajstić information content (AvgIpc) is 1.81. The molecule has 0 unspecified atom stereocenters. The monoisotopic (exact) mass is 298 g/mol. The summed E-state index contributed by atoms with van der Waals surface area (Å²) in [5.41, 5.74) is 0. The molecule has 2 N–H and O–H groups in total. The summed E-state index contributed by atoms with van der Waals surface area (Å²) in [4.78, 5) is 0. The van der Waals surface area contributed by atoms with E-state index in [4.69, 9.17) is 22.5 Å². The molecule has 0 aromatic rings. The Morgan fingerprint density at radius 1 is 0.818 bits per heavy atom. The first-order valence-corrected chi connectivity index (χ1v) is 1.55. The summed E-state index contributed by atoms with van der Waals surface area (Å²) in [6, 6.07) is 0. The summed E-state index contributed by atoms with van der Waals surface area (Å²) in [5.74, 6) is 0. The Hall–Kier alpha value is 1.82. The van der Waals surface area contributed by atoms with E-state index in [1.807, 2.05) is 0 Å². The molecule has 72 valence electrons. The molecular formula is H7F6KO3Zr. The molecule has 0 aromatic heterocycles. The van der Waals surface area contributed by atoms with Crippen LogP contribution in [0.3, 0.4) is 0 Å². The van der Waals surface area contributed by atoms with Gasteiger partial charge in [0.2, 0.25) is 0 Å². The van der Waals surface area contributed by atoms with E-state index in [0.29, 0.717) is 24.7 Å². The van der Waals surface area contributed by atoms with Crippen molar-refractivity contribution in [1.29, 1.82) is 0 Å². The molecule has 0 rings (SSSR count). The van der Waals surface area contributed by atoms with Crippen LogP contribution in [0.1, 0.15) is 1.43 Å². The number of halogens is 6. The maximum atomic E-state index is 8.50. The standard InChI is InChI=1S/2FHO.4FH.K.O.Zr.H/c2*1-2;;;;;;;;/h2*2H;4*1H;;;;/q;;;;;;+1;;;-1. The van der Waals surface area contributed by atoms with Crippen molar-refractivity contribution in [2.45, 2.75) is 0 Å². The first-order valence-electron chi connectivity index (χ1n) is 0.542. The molecule has 0 saturated heterocycles. The molecule has 0 atom stereocenters. The Morgan fingerprint density at radius 2 is 0.818 bits per heavy atom. The van der Waals surface area contributed by atoms with E-state index in [1.165, 1.54) is 0 Å². The van der Waals surface area contributed by atoms with E-state index in [1.54, 1.807) is 0 Å². The van der Waals surface area contributed by atoms with Crippen molar-refractivity contribution in [3.63, 3.8) is 0 Å². The van der Waals surface area contributed by atoms with E-state index in [9.17, 15) is 0 Å². The van der Waals surface area contributed by atoms with Gasteiger partial charge >= 0.3 is 78.9 Å². The Labute approximate surface area is 117 Å². The molecule has 11 heteroatoms. The summed E-state index contributed by atoms with van der Waals surface area (Å²) < 4.78 is 25.3. The van der Waals surface area contributed by atoms with Crippen molar-refractivity contribution >= 4 is 0 Å². The van der Waals surface area contributed by atoms with Crippen LogP contribution < -0.4 is 51.4 Å². The maximum absolute atomic E-state index is 8.50. The average molecular weight is 299 g/mol. The number of hydrogen-bond donors (Lipinski definition) is 2. The zero-order valence-electron chi connectivity index (χ0n) is 6.19. The summed E-state index contributed by atoms with van der Waals surface area (Å²) in [6.45, 7) is 0. The summed E-state index contributed by atoms with van der Waals surface area (Å²) in [5, 5.41) is 11.0. The van der Waals surface area contributed by atoms with Crippen molar-refractivity contribution in [1.82, 2.24) is 0 Å². The van der Waals surface area contributed by atoms with Gasteiger partial charge in [-0.3, -0.25) is 18.8 Å². The van der Waals surface area contributed by atoms with Gasteiger partial charge in [0.05, 0.1) is 0 Å². The van der Waals surface area contributed by atoms with Crippen LogP contribution in [0, 0.1) is 0 Å². The van der Waals surface area contributed by atoms with Gasteiger partial charge in [0.1, 0.15) is 0 Å². The van der Waals surface area contributed by atoms with Crippen LogP contribution >= 0.6 is 0 Å². The van der Waals surface area contributed by atoms with E-state index >= 15 is 0 Å². The topological polar surface area (TPSA) is 57.5 Å². The van der Waals surface area contributed by atoms with Crippen LogP contribution in [0.2, 0.25) is 0 Å². The van der Waals surface area contributed by atoms with Crippen LogP contribution in [0.5, 0.6) is 0 Å². The third kappa shape index (κ3) is 344. The van der Waals surface area contributed by atoms with Gasteiger partial charge < -0.3 is 1.43 Å². The summed E-state index contributed by atoms with van der Waals surface area (Å²) >= 11 is 0.300. The molecule has 0 fully saturated rings. The van der Waals surface area contributed by atoms with Gasteiger partial charge in [-0.15, -0.1) is 0 Å². The fourth-order valence-corrected chi connectivity index (χ4v) is 0. The predicted octanol–water partition coefficient (Wildman–Crippen LogP) is -2.67. The minimum atomic E-state index is 0. The minimum absolute atomic E-state index is 0. The quantitative estimate of drug-likeness (QED) is 0.379. The molecule has 3 nitrogen and oxygen atoms in total. The third-order valence-electron chi connectivity index (χ3n) is 0. The zero-order valence-corrected chi connectivity index (χ0v) is 10.8. The molecule has 0 aromatic carbocycles. The molecule has 0 radical (unpaired) electrons. The van der Waals surface area contributed by atoms with Crippen LogP contribution in [0.25, 0.3) is 0 Å². The Bertz CT molecular complexity index is 22.8. The molecule has 0 amide bonds. The third-order valence-corrected chi connectivity index (χ3v) is 0. The fourth-order valence-electron chi connectivity index (χ4n) is 0. The molecule has 0 saturated carbocycles. The van der Waals surface area contributed by atoms with E-state index < -0.39 is 0 Å². The molecule has 0 aliphatic carbocycles. The van der Waals surface area contributed by atoms with Crippen molar-refractivity contribution in [2.75, 3.05) is 0 Å². The molecule has 0 aliphatic heterocycles. The van der Waals surface area contributed by atoms with Crippen LogP contribution in [-0.4, -0.2) is 10.6 Å². The van der Waals surface area contributed by atoms with Crippen molar-refractivity contribution < 1.29 is 119 Å². The Kier molecular flexibility index (Phi) is 2930. The Balaban J connectivity index is -0.00000000129. The second-order valence-corrected chi connectivity index (χ2v) is 0. The molecule has 0 spiro atoms. The molecule has 11 heavy (non-hydrogen) atoms. The van der Waals surface area contributed by atoms with Crippen molar-refractivity contribution in [3.8, 4) is 0 Å². The summed E-state index contributed by atoms with van der Waals surface area (Å²) in [7, 11) is 0. The van der Waals surface area contributed by atoms with Gasteiger partial charge in [-0.1, -0.05) is 9.05 Å². The van der Waals surface area contributed by atoms with Crippen molar-refractivity contribution in [3.05, 3.63) is 0 Å². The van der Waals surface area contributed by atoms with E-state index in [2.05, 4.69) is 0 Å². The van der Waals surface area contributed by atoms with E-state index in [0.717, 1.165) is 0 Å². The van der Waals surface area contributed by atoms with Gasteiger partial charge in [0.15, 0.2) is 0 Å². The first kappa shape index (κ1) is 77.1. The number of hydrogen-bond acceptors (Lipinski definition) is 3. The van der Waals surface area contributed by atoms with Crippen LogP contribution in [-0.2, 0) is 27.5 Å². The van der Waals surface area contributed by atoms with Gasteiger partial charge in [-0.05, 0) is 0 Å². The SMILES string of the molecule is F.F.F.F.OF.OF.[H-].[K+].[O]=[Zr]. The van der Waals surface area contributed by atoms with Gasteiger partial charge in [0, 0.05) is 0 Å². The fraction of sp³-hybridized carbons (Fsp3) is 0. The summed E-state index contributed by atoms with van der Waals surface area (Å²) in [6.07, 6.45) is 0. The molecule has 0 bridgehead atoms. The Morgan fingerprint density at radius 3 is 0.818 bits per heavy atom. The molecule has 0 heterocycles. The second-order valence-electron chi connectivity index (χ2n) is 0. The predicted molar refractivity (Wildman–Crippen MR) is 18.5 cm³/mol. The van der Waals surface area contributed by atoms with Crippen LogP contribution in [0.15, 0.2) is 0 Å².